The Labute approximate surface area is 174 Å². The minimum Gasteiger partial charge on any atom is -0.494 e. The molecule has 0 bridgehead atoms. The highest BCUT2D eigenvalue weighted by Crippen LogP contribution is 2.38. The van der Waals surface area contributed by atoms with E-state index in [1.54, 1.807) is 31.6 Å². The van der Waals surface area contributed by atoms with E-state index in [0.29, 0.717) is 11.7 Å². The number of rotatable bonds is 4. The predicted octanol–water partition coefficient (Wildman–Crippen LogP) is 2.67. The van der Waals surface area contributed by atoms with Gasteiger partial charge in [-0.05, 0) is 31.9 Å². The van der Waals surface area contributed by atoms with Crippen LogP contribution >= 0.6 is 0 Å². The zero-order valence-electron chi connectivity index (χ0n) is 17.2. The predicted molar refractivity (Wildman–Crippen MR) is 114 cm³/mol. The smallest absolute Gasteiger partial charge is 0.249 e. The molecule has 9 nitrogen and oxygen atoms in total. The van der Waals surface area contributed by atoms with E-state index < -0.39 is 0 Å². The van der Waals surface area contributed by atoms with Crippen molar-refractivity contribution >= 4 is 29.0 Å². The number of carbonyl (C=O) groups is 1. The molecule has 5 rings (SSSR count). The summed E-state index contributed by atoms with van der Waals surface area (Å²) in [6.45, 7) is 2.78. The van der Waals surface area contributed by atoms with E-state index in [-0.39, 0.29) is 11.9 Å². The van der Waals surface area contributed by atoms with Gasteiger partial charge >= 0.3 is 0 Å². The lowest BCUT2D eigenvalue weighted by atomic mass is 10.1. The zero-order chi connectivity index (χ0) is 20.8. The third-order valence-corrected chi connectivity index (χ3v) is 5.68. The van der Waals surface area contributed by atoms with E-state index >= 15 is 0 Å². The highest BCUT2D eigenvalue weighted by Gasteiger charge is 2.40. The molecule has 0 radical (unpaired) electrons. The standard InChI is InChI=1S/C21H23N7O2/c1-13-11-27(12-23-13)15-7-6-14(9-18(15)30-3)24-21-22-10-17-19(25-21)28-8-4-5-16(28)20(29)26(17)2/h6-7,9-12,16H,4-5,8H2,1-3H3,(H,22,24,25). The Hall–Kier alpha value is -3.62. The second-order valence-electron chi connectivity index (χ2n) is 7.59. The van der Waals surface area contributed by atoms with E-state index in [2.05, 4.69) is 20.2 Å². The van der Waals surface area contributed by atoms with E-state index in [1.165, 1.54) is 0 Å². The molecular formula is C21H23N7O2. The van der Waals surface area contributed by atoms with Gasteiger partial charge in [0.25, 0.3) is 0 Å². The molecule has 1 aromatic carbocycles. The molecular weight excluding hydrogens is 382 g/mol. The summed E-state index contributed by atoms with van der Waals surface area (Å²) in [6.07, 6.45) is 7.26. The van der Waals surface area contributed by atoms with Crippen molar-refractivity contribution in [3.05, 3.63) is 42.6 Å². The first-order chi connectivity index (χ1) is 14.5. The molecule has 1 unspecified atom stereocenters. The Balaban J connectivity index is 1.45. The number of anilines is 4. The maximum atomic E-state index is 12.6. The number of aromatic nitrogens is 4. The highest BCUT2D eigenvalue weighted by atomic mass is 16.5. The molecule has 4 heterocycles. The number of hydrogen-bond donors (Lipinski definition) is 1. The Bertz CT molecular complexity index is 1130. The fraction of sp³-hybridized carbons (Fsp3) is 0.333. The quantitative estimate of drug-likeness (QED) is 0.714. The lowest BCUT2D eigenvalue weighted by Crippen LogP contribution is -2.49. The van der Waals surface area contributed by atoms with Crippen LogP contribution in [-0.4, -0.2) is 52.2 Å². The van der Waals surface area contributed by atoms with Crippen molar-refractivity contribution in [2.24, 2.45) is 0 Å². The summed E-state index contributed by atoms with van der Waals surface area (Å²) in [5.74, 6) is 2.10. The number of imidazole rings is 1. The highest BCUT2D eigenvalue weighted by molar-refractivity contribution is 6.04. The molecule has 1 N–H and O–H groups in total. The van der Waals surface area contributed by atoms with Gasteiger partial charge in [-0.3, -0.25) is 4.79 Å². The largest absolute Gasteiger partial charge is 0.494 e. The molecule has 1 fully saturated rings. The van der Waals surface area contributed by atoms with Crippen molar-refractivity contribution < 1.29 is 9.53 Å². The van der Waals surface area contributed by atoms with E-state index in [9.17, 15) is 4.79 Å². The number of ether oxygens (including phenoxy) is 1. The summed E-state index contributed by atoms with van der Waals surface area (Å²) in [5.41, 5.74) is 3.39. The van der Waals surface area contributed by atoms with Gasteiger partial charge in [0.2, 0.25) is 11.9 Å². The summed E-state index contributed by atoms with van der Waals surface area (Å²) < 4.78 is 7.50. The number of nitrogens with zero attached hydrogens (tertiary/aromatic N) is 6. The van der Waals surface area contributed by atoms with Gasteiger partial charge in [-0.2, -0.15) is 4.98 Å². The fourth-order valence-electron chi connectivity index (χ4n) is 4.14. The Morgan fingerprint density at radius 1 is 1.23 bits per heavy atom. The van der Waals surface area contributed by atoms with Gasteiger partial charge in [0, 0.05) is 31.5 Å². The summed E-state index contributed by atoms with van der Waals surface area (Å²) in [6, 6.07) is 5.69. The summed E-state index contributed by atoms with van der Waals surface area (Å²) >= 11 is 0. The van der Waals surface area contributed by atoms with Crippen LogP contribution in [0.2, 0.25) is 0 Å². The molecule has 30 heavy (non-hydrogen) atoms. The maximum Gasteiger partial charge on any atom is 0.249 e. The number of aryl methyl sites for hydroxylation is 1. The van der Waals surface area contributed by atoms with Crippen molar-refractivity contribution in [1.82, 2.24) is 19.5 Å². The third kappa shape index (κ3) is 2.94. The molecule has 0 aliphatic carbocycles. The Kier molecular flexibility index (Phi) is 4.30. The minimum atomic E-state index is -0.122. The lowest BCUT2D eigenvalue weighted by molar-refractivity contribution is -0.119. The van der Waals surface area contributed by atoms with Gasteiger partial charge in [-0.15, -0.1) is 0 Å². The van der Waals surface area contributed by atoms with Gasteiger partial charge < -0.3 is 24.4 Å². The number of nitrogens with one attached hydrogen (secondary N) is 1. The van der Waals surface area contributed by atoms with Crippen LogP contribution in [0.1, 0.15) is 18.5 Å². The number of methoxy groups -OCH3 is 1. The van der Waals surface area contributed by atoms with E-state index in [1.807, 2.05) is 35.9 Å². The molecule has 2 aliphatic rings. The van der Waals surface area contributed by atoms with Gasteiger partial charge in [-0.1, -0.05) is 0 Å². The molecule has 0 saturated carbocycles. The number of amides is 1. The topological polar surface area (TPSA) is 88.4 Å². The lowest BCUT2D eigenvalue weighted by Gasteiger charge is -2.36. The average Bonchev–Trinajstić information content (AvgIpc) is 3.41. The van der Waals surface area contributed by atoms with Crippen LogP contribution in [0.3, 0.4) is 0 Å². The number of fused-ring (bicyclic) bond motifs is 3. The third-order valence-electron chi connectivity index (χ3n) is 5.68. The molecule has 9 heteroatoms. The van der Waals surface area contributed by atoms with Crippen molar-refractivity contribution in [2.45, 2.75) is 25.8 Å². The Morgan fingerprint density at radius 2 is 2.10 bits per heavy atom. The number of benzene rings is 1. The molecule has 2 aromatic heterocycles. The van der Waals surface area contributed by atoms with Gasteiger partial charge in [0.05, 0.1) is 31.0 Å². The number of carbonyl (C=O) groups excluding carboxylic acids is 1. The van der Waals surface area contributed by atoms with Crippen molar-refractivity contribution in [3.8, 4) is 11.4 Å². The molecule has 3 aromatic rings. The second-order valence-corrected chi connectivity index (χ2v) is 7.59. The summed E-state index contributed by atoms with van der Waals surface area (Å²) in [7, 11) is 3.43. The molecule has 1 saturated heterocycles. The molecule has 0 spiro atoms. The fourth-order valence-corrected chi connectivity index (χ4v) is 4.14. The Morgan fingerprint density at radius 3 is 2.87 bits per heavy atom. The van der Waals surface area contributed by atoms with Crippen LogP contribution in [-0.2, 0) is 4.79 Å². The van der Waals surface area contributed by atoms with Crippen LogP contribution in [0, 0.1) is 6.92 Å². The van der Waals surface area contributed by atoms with Crippen molar-refractivity contribution in [1.29, 1.82) is 0 Å². The monoisotopic (exact) mass is 405 g/mol. The van der Waals surface area contributed by atoms with Gasteiger partial charge in [-0.25, -0.2) is 9.97 Å². The van der Waals surface area contributed by atoms with Crippen LogP contribution in [0.25, 0.3) is 5.69 Å². The van der Waals surface area contributed by atoms with Gasteiger partial charge in [0.15, 0.2) is 5.82 Å². The van der Waals surface area contributed by atoms with Crippen LogP contribution in [0.15, 0.2) is 36.9 Å². The normalized spacial score (nSPS) is 17.7. The first-order valence-corrected chi connectivity index (χ1v) is 9.92. The average molecular weight is 405 g/mol. The number of likely N-dealkylation sites (N-methyl/N-ethyl adjacent to an activating group) is 1. The van der Waals surface area contributed by atoms with Crippen LogP contribution in [0.4, 0.5) is 23.1 Å². The first kappa shape index (κ1) is 18.4. The first-order valence-electron chi connectivity index (χ1n) is 9.92. The van der Waals surface area contributed by atoms with Gasteiger partial charge in [0.1, 0.15) is 17.5 Å². The summed E-state index contributed by atoms with van der Waals surface area (Å²) in [5, 5.41) is 3.26. The second kappa shape index (κ2) is 7.01. The zero-order valence-corrected chi connectivity index (χ0v) is 17.2. The van der Waals surface area contributed by atoms with Crippen molar-refractivity contribution in [3.63, 3.8) is 0 Å². The molecule has 2 aliphatic heterocycles. The summed E-state index contributed by atoms with van der Waals surface area (Å²) in [4.78, 5) is 29.7. The maximum absolute atomic E-state index is 12.6. The van der Waals surface area contributed by atoms with Crippen molar-refractivity contribution in [2.75, 3.05) is 35.8 Å². The SMILES string of the molecule is COc1cc(Nc2ncc3c(n2)N2CCCC2C(=O)N3C)ccc1-n1cnc(C)c1. The number of hydrogen-bond acceptors (Lipinski definition) is 7. The molecule has 1 amide bonds. The van der Waals surface area contributed by atoms with Crippen LogP contribution in [0.5, 0.6) is 5.75 Å². The van der Waals surface area contributed by atoms with E-state index in [0.717, 1.165) is 48.0 Å². The minimum absolute atomic E-state index is 0.111. The van der Waals surface area contributed by atoms with Crippen LogP contribution < -0.4 is 19.9 Å². The molecule has 154 valence electrons. The van der Waals surface area contributed by atoms with E-state index in [4.69, 9.17) is 9.72 Å². The molecule has 1 atom stereocenters.